The maximum absolute atomic E-state index is 12.7. The summed E-state index contributed by atoms with van der Waals surface area (Å²) >= 11 is 0. The molecule has 4 rings (SSSR count). The number of aliphatic imine (C=N–C) groups is 1. The van der Waals surface area contributed by atoms with Crippen LogP contribution in [0.5, 0.6) is 11.5 Å². The van der Waals surface area contributed by atoms with Gasteiger partial charge in [0.25, 0.3) is 5.56 Å². The number of hydrogen-bond donors (Lipinski definition) is 2. The predicted octanol–water partition coefficient (Wildman–Crippen LogP) is 2.33. The summed E-state index contributed by atoms with van der Waals surface area (Å²) < 4.78 is 10.6. The van der Waals surface area contributed by atoms with Gasteiger partial charge in [-0.1, -0.05) is 13.3 Å². The molecule has 8 nitrogen and oxygen atoms in total. The van der Waals surface area contributed by atoms with Crippen LogP contribution in [0, 0.1) is 0 Å². The van der Waals surface area contributed by atoms with Gasteiger partial charge in [-0.25, -0.2) is 4.98 Å². The Labute approximate surface area is 163 Å². The van der Waals surface area contributed by atoms with Crippen molar-refractivity contribution in [1.82, 2.24) is 20.2 Å². The van der Waals surface area contributed by atoms with Crippen LogP contribution in [0.4, 0.5) is 0 Å². The molecule has 0 spiro atoms. The molecular weight excluding hydrogens is 358 g/mol. The maximum Gasteiger partial charge on any atom is 0.258 e. The largest absolute Gasteiger partial charge is 0.493 e. The zero-order valence-corrected chi connectivity index (χ0v) is 16.4. The summed E-state index contributed by atoms with van der Waals surface area (Å²) in [6, 6.07) is 3.27. The normalized spacial score (nSPS) is 20.7. The van der Waals surface area contributed by atoms with Crippen LogP contribution in [0.1, 0.15) is 38.1 Å². The first-order chi connectivity index (χ1) is 13.6. The number of fused-ring (bicyclic) bond motifs is 2. The van der Waals surface area contributed by atoms with E-state index in [1.54, 1.807) is 26.4 Å². The second-order valence-corrected chi connectivity index (χ2v) is 7.02. The molecule has 2 aromatic rings. The predicted molar refractivity (Wildman–Crippen MR) is 108 cm³/mol. The quantitative estimate of drug-likeness (QED) is 0.795. The first-order valence-electron chi connectivity index (χ1n) is 9.56. The second kappa shape index (κ2) is 7.53. The number of ether oxygens (including phenoxy) is 2. The van der Waals surface area contributed by atoms with Gasteiger partial charge in [0.05, 0.1) is 30.8 Å². The fourth-order valence-electron chi connectivity index (χ4n) is 3.70. The number of unbranched alkanes of at least 4 members (excludes halogenated alkanes) is 1. The Morgan fingerprint density at radius 2 is 2.04 bits per heavy atom. The molecule has 0 aliphatic carbocycles. The summed E-state index contributed by atoms with van der Waals surface area (Å²) in [7, 11) is 3.11. The zero-order valence-electron chi connectivity index (χ0n) is 16.4. The number of H-pyrrole nitrogens is 1. The topological polar surface area (TPSA) is 91.8 Å². The molecule has 2 unspecified atom stereocenters. The Morgan fingerprint density at radius 1 is 1.25 bits per heavy atom. The summed E-state index contributed by atoms with van der Waals surface area (Å²) in [6.45, 7) is 2.88. The highest BCUT2D eigenvalue weighted by Crippen LogP contribution is 2.31. The van der Waals surface area contributed by atoms with Crippen molar-refractivity contribution in [2.45, 2.75) is 38.4 Å². The molecule has 8 heteroatoms. The van der Waals surface area contributed by atoms with Crippen LogP contribution in [-0.4, -0.2) is 48.0 Å². The summed E-state index contributed by atoms with van der Waals surface area (Å²) in [5, 5.41) is 3.81. The summed E-state index contributed by atoms with van der Waals surface area (Å²) in [6.07, 6.45) is 7.32. The van der Waals surface area contributed by atoms with E-state index in [1.807, 2.05) is 12.4 Å². The number of benzene rings is 1. The lowest BCUT2D eigenvalue weighted by molar-refractivity contribution is 0.229. The third-order valence-electron chi connectivity index (χ3n) is 5.26. The molecule has 2 atom stereocenters. The summed E-state index contributed by atoms with van der Waals surface area (Å²) in [5.74, 6) is 1.65. The highest BCUT2D eigenvalue weighted by atomic mass is 16.5. The Kier molecular flexibility index (Phi) is 4.93. The van der Waals surface area contributed by atoms with Crippen molar-refractivity contribution in [2.75, 3.05) is 20.8 Å². The standard InChI is InChI=1S/C20H25N5O3/c1-4-5-6-18-22-10-12-9-21-15(11-25(12)18)19-23-14-8-17(28-3)16(27-2)7-13(14)20(26)24-19/h7-10,15,18,21H,4-6,11H2,1-3H3,(H,23,24,26). The van der Waals surface area contributed by atoms with Gasteiger partial charge >= 0.3 is 0 Å². The molecule has 0 saturated heterocycles. The molecule has 2 N–H and O–H groups in total. The molecule has 3 heterocycles. The van der Waals surface area contributed by atoms with Crippen molar-refractivity contribution >= 4 is 17.1 Å². The third-order valence-corrected chi connectivity index (χ3v) is 5.26. The molecule has 2 aliphatic rings. The van der Waals surface area contributed by atoms with E-state index < -0.39 is 0 Å². The molecule has 0 radical (unpaired) electrons. The van der Waals surface area contributed by atoms with Crippen LogP contribution >= 0.6 is 0 Å². The summed E-state index contributed by atoms with van der Waals surface area (Å²) in [4.78, 5) is 27.2. The van der Waals surface area contributed by atoms with Crippen LogP contribution in [0.15, 0.2) is 33.8 Å². The van der Waals surface area contributed by atoms with Crippen molar-refractivity contribution in [3.05, 3.63) is 40.2 Å². The number of allylic oxidation sites excluding steroid dienone is 1. The molecule has 1 aromatic carbocycles. The van der Waals surface area contributed by atoms with Crippen LogP contribution < -0.4 is 20.3 Å². The molecule has 1 aromatic heterocycles. The number of aromatic nitrogens is 2. The molecule has 0 bridgehead atoms. The number of nitrogens with one attached hydrogen (secondary N) is 2. The SMILES string of the molecule is CCCCC1N=CC2=CNC(c3nc4cc(OC)c(OC)cc4c(=O)[nH]3)CN21. The van der Waals surface area contributed by atoms with Gasteiger partial charge in [0.1, 0.15) is 18.0 Å². The average Bonchev–Trinajstić information content (AvgIpc) is 3.13. The highest BCUT2D eigenvalue weighted by molar-refractivity contribution is 5.82. The van der Waals surface area contributed by atoms with E-state index in [1.165, 1.54) is 0 Å². The minimum atomic E-state index is -0.197. The Hall–Kier alpha value is -3.03. The third kappa shape index (κ3) is 3.19. The van der Waals surface area contributed by atoms with Crippen molar-refractivity contribution < 1.29 is 9.47 Å². The van der Waals surface area contributed by atoms with E-state index in [0.29, 0.717) is 34.8 Å². The minimum Gasteiger partial charge on any atom is -0.493 e. The van der Waals surface area contributed by atoms with E-state index in [4.69, 9.17) is 14.5 Å². The van der Waals surface area contributed by atoms with Gasteiger partial charge in [0.2, 0.25) is 0 Å². The van der Waals surface area contributed by atoms with E-state index in [-0.39, 0.29) is 17.8 Å². The first kappa shape index (κ1) is 18.3. The van der Waals surface area contributed by atoms with Crippen LogP contribution in [0.25, 0.3) is 10.9 Å². The molecule has 0 amide bonds. The molecule has 2 aliphatic heterocycles. The van der Waals surface area contributed by atoms with Crippen molar-refractivity contribution in [3.63, 3.8) is 0 Å². The van der Waals surface area contributed by atoms with Crippen molar-refractivity contribution in [3.8, 4) is 11.5 Å². The highest BCUT2D eigenvalue weighted by Gasteiger charge is 2.31. The molecule has 148 valence electrons. The van der Waals surface area contributed by atoms with Crippen molar-refractivity contribution in [1.29, 1.82) is 0 Å². The molecule has 0 fully saturated rings. The van der Waals surface area contributed by atoms with E-state index >= 15 is 0 Å². The molecule has 0 saturated carbocycles. The van der Waals surface area contributed by atoms with Gasteiger partial charge in [-0.15, -0.1) is 0 Å². The zero-order chi connectivity index (χ0) is 19.7. The monoisotopic (exact) mass is 383 g/mol. The number of aromatic amines is 1. The van der Waals surface area contributed by atoms with E-state index in [2.05, 4.69) is 27.1 Å². The molecular formula is C20H25N5O3. The fourth-order valence-corrected chi connectivity index (χ4v) is 3.70. The molecule has 28 heavy (non-hydrogen) atoms. The number of nitrogens with zero attached hydrogens (tertiary/aromatic N) is 3. The van der Waals surface area contributed by atoms with E-state index in [9.17, 15) is 4.79 Å². The van der Waals surface area contributed by atoms with E-state index in [0.717, 1.165) is 25.0 Å². The minimum absolute atomic E-state index is 0.125. The Balaban J connectivity index is 1.65. The Bertz CT molecular complexity index is 997. The maximum atomic E-state index is 12.7. The van der Waals surface area contributed by atoms with Gasteiger partial charge < -0.3 is 24.7 Å². The first-order valence-corrected chi connectivity index (χ1v) is 9.56. The van der Waals surface area contributed by atoms with Crippen LogP contribution in [0.2, 0.25) is 0 Å². The van der Waals surface area contributed by atoms with Crippen LogP contribution in [0.3, 0.4) is 0 Å². The average molecular weight is 383 g/mol. The van der Waals surface area contributed by atoms with Crippen LogP contribution in [-0.2, 0) is 0 Å². The smallest absolute Gasteiger partial charge is 0.258 e. The Morgan fingerprint density at radius 3 is 2.79 bits per heavy atom. The number of hydrogen-bond acceptors (Lipinski definition) is 7. The van der Waals surface area contributed by atoms with Gasteiger partial charge in [-0.3, -0.25) is 9.79 Å². The van der Waals surface area contributed by atoms with Gasteiger partial charge in [-0.2, -0.15) is 0 Å². The van der Waals surface area contributed by atoms with Crippen molar-refractivity contribution in [2.24, 2.45) is 4.99 Å². The van der Waals surface area contributed by atoms with Gasteiger partial charge in [0, 0.05) is 25.0 Å². The summed E-state index contributed by atoms with van der Waals surface area (Å²) in [5.41, 5.74) is 1.46. The lowest BCUT2D eigenvalue weighted by Gasteiger charge is -2.34. The second-order valence-electron chi connectivity index (χ2n) is 7.02. The van der Waals surface area contributed by atoms with Gasteiger partial charge in [0.15, 0.2) is 11.5 Å². The number of methoxy groups -OCH3 is 2. The lowest BCUT2D eigenvalue weighted by Crippen LogP contribution is -2.42. The fraction of sp³-hybridized carbons (Fsp3) is 0.450. The lowest BCUT2D eigenvalue weighted by atomic mass is 10.1. The van der Waals surface area contributed by atoms with Gasteiger partial charge in [-0.05, 0) is 18.9 Å². The number of rotatable bonds is 6.